The van der Waals surface area contributed by atoms with Crippen molar-refractivity contribution in [2.45, 2.75) is 6.42 Å². The molecule has 0 saturated carbocycles. The van der Waals surface area contributed by atoms with E-state index in [1.165, 1.54) is 0 Å². The summed E-state index contributed by atoms with van der Waals surface area (Å²) in [5, 5.41) is 3.07. The Labute approximate surface area is 102 Å². The second-order valence-corrected chi connectivity index (χ2v) is 4.23. The Hall–Kier alpha value is -1.33. The molecule has 0 amide bonds. The number of anilines is 2. The molecule has 2 rings (SSSR count). The number of hydrogen-bond acceptors (Lipinski definition) is 4. The molecular weight excluding hydrogens is 270 g/mol. The molecular formula is C11H12BrN3O. The van der Waals surface area contributed by atoms with Gasteiger partial charge in [0.05, 0.1) is 5.69 Å². The average Bonchev–Trinajstić information content (AvgIpc) is 2.70. The number of benzene rings is 1. The first-order chi connectivity index (χ1) is 7.78. The lowest BCUT2D eigenvalue weighted by molar-refractivity contribution is 0.575. The zero-order valence-corrected chi connectivity index (χ0v) is 10.2. The number of rotatable bonds is 4. The molecule has 3 N–H and O–H groups in total. The number of nitrogens with one attached hydrogen (secondary N) is 1. The highest BCUT2D eigenvalue weighted by Crippen LogP contribution is 2.18. The van der Waals surface area contributed by atoms with Crippen LogP contribution in [0.15, 0.2) is 39.4 Å². The molecule has 0 bridgehead atoms. The van der Waals surface area contributed by atoms with Crippen molar-refractivity contribution in [3.05, 3.63) is 40.7 Å². The Morgan fingerprint density at radius 1 is 1.31 bits per heavy atom. The summed E-state index contributed by atoms with van der Waals surface area (Å²) in [6.45, 7) is 0.574. The third kappa shape index (κ3) is 2.84. The van der Waals surface area contributed by atoms with Gasteiger partial charge in [-0.15, -0.1) is 0 Å². The van der Waals surface area contributed by atoms with Crippen LogP contribution in [-0.4, -0.2) is 11.5 Å². The molecule has 84 valence electrons. The predicted molar refractivity (Wildman–Crippen MR) is 66.7 cm³/mol. The van der Waals surface area contributed by atoms with E-state index >= 15 is 0 Å². The smallest absolute Gasteiger partial charge is 0.299 e. The van der Waals surface area contributed by atoms with Crippen LogP contribution in [0.3, 0.4) is 0 Å². The molecule has 4 nitrogen and oxygen atoms in total. The van der Waals surface area contributed by atoms with Crippen LogP contribution in [0.25, 0.3) is 0 Å². The first-order valence-electron chi connectivity index (χ1n) is 4.95. The van der Waals surface area contributed by atoms with Gasteiger partial charge in [0.1, 0.15) is 6.26 Å². The van der Waals surface area contributed by atoms with E-state index in [-0.39, 0.29) is 0 Å². The van der Waals surface area contributed by atoms with Crippen LogP contribution in [0, 0.1) is 0 Å². The van der Waals surface area contributed by atoms with Gasteiger partial charge in [-0.1, -0.05) is 15.9 Å². The quantitative estimate of drug-likeness (QED) is 0.905. The Bertz CT molecular complexity index is 453. The average molecular weight is 282 g/mol. The lowest BCUT2D eigenvalue weighted by atomic mass is 10.3. The summed E-state index contributed by atoms with van der Waals surface area (Å²) in [5.41, 5.74) is 7.23. The van der Waals surface area contributed by atoms with Crippen LogP contribution in [0.4, 0.5) is 11.7 Å². The molecule has 0 aliphatic carbocycles. The van der Waals surface area contributed by atoms with Crippen molar-refractivity contribution in [2.75, 3.05) is 11.9 Å². The van der Waals surface area contributed by atoms with Crippen LogP contribution < -0.4 is 11.1 Å². The summed E-state index contributed by atoms with van der Waals surface area (Å²) in [6.07, 6.45) is 2.35. The van der Waals surface area contributed by atoms with E-state index < -0.39 is 0 Å². The van der Waals surface area contributed by atoms with Crippen molar-refractivity contribution in [1.29, 1.82) is 0 Å². The van der Waals surface area contributed by atoms with Crippen molar-refractivity contribution in [1.82, 2.24) is 4.98 Å². The molecule has 16 heavy (non-hydrogen) atoms. The number of nitrogens with zero attached hydrogens (tertiary/aromatic N) is 1. The van der Waals surface area contributed by atoms with Gasteiger partial charge in [-0.2, -0.15) is 4.98 Å². The van der Waals surface area contributed by atoms with Crippen LogP contribution in [0.2, 0.25) is 0 Å². The molecule has 0 spiro atoms. The highest BCUT2D eigenvalue weighted by atomic mass is 79.9. The number of oxazole rings is 1. The van der Waals surface area contributed by atoms with Crippen LogP contribution in [0.1, 0.15) is 5.69 Å². The summed E-state index contributed by atoms with van der Waals surface area (Å²) in [5.74, 6) is 0. The van der Waals surface area contributed by atoms with Crippen molar-refractivity contribution in [3.63, 3.8) is 0 Å². The monoisotopic (exact) mass is 281 g/mol. The summed E-state index contributed by atoms with van der Waals surface area (Å²) in [6, 6.07) is 8.28. The highest BCUT2D eigenvalue weighted by molar-refractivity contribution is 9.10. The van der Waals surface area contributed by atoms with Gasteiger partial charge in [0, 0.05) is 16.6 Å². The molecule has 0 atom stereocenters. The Morgan fingerprint density at radius 2 is 2.06 bits per heavy atom. The van der Waals surface area contributed by atoms with E-state index in [4.69, 9.17) is 10.2 Å². The Morgan fingerprint density at radius 3 is 2.75 bits per heavy atom. The first-order valence-corrected chi connectivity index (χ1v) is 5.74. The molecule has 0 unspecified atom stereocenters. The molecule has 1 aromatic carbocycles. The van der Waals surface area contributed by atoms with Gasteiger partial charge in [-0.3, -0.25) is 0 Å². The largest absolute Gasteiger partial charge is 0.432 e. The molecule has 1 aromatic heterocycles. The van der Waals surface area contributed by atoms with Gasteiger partial charge in [-0.25, -0.2) is 0 Å². The maximum absolute atomic E-state index is 5.43. The van der Waals surface area contributed by atoms with Crippen molar-refractivity contribution >= 4 is 27.6 Å². The minimum Gasteiger partial charge on any atom is -0.432 e. The predicted octanol–water partition coefficient (Wildman–Crippen LogP) is 2.68. The molecule has 0 saturated heterocycles. The van der Waals surface area contributed by atoms with Gasteiger partial charge in [-0.05, 0) is 30.8 Å². The van der Waals surface area contributed by atoms with E-state index in [0.29, 0.717) is 12.6 Å². The van der Waals surface area contributed by atoms with Crippen LogP contribution >= 0.6 is 15.9 Å². The molecule has 0 aliphatic heterocycles. The van der Waals surface area contributed by atoms with Gasteiger partial charge in [0.25, 0.3) is 6.01 Å². The SMILES string of the molecule is NCCc1coc(Nc2ccc(Br)cc2)n1. The highest BCUT2D eigenvalue weighted by Gasteiger charge is 2.03. The fourth-order valence-corrected chi connectivity index (χ4v) is 1.55. The molecule has 2 aromatic rings. The number of halogens is 1. The Balaban J connectivity index is 2.05. The van der Waals surface area contributed by atoms with Gasteiger partial charge < -0.3 is 15.5 Å². The van der Waals surface area contributed by atoms with Crippen LogP contribution in [0.5, 0.6) is 0 Å². The van der Waals surface area contributed by atoms with E-state index in [1.807, 2.05) is 24.3 Å². The fraction of sp³-hybridized carbons (Fsp3) is 0.182. The number of nitrogens with two attached hydrogens (primary N) is 1. The van der Waals surface area contributed by atoms with Gasteiger partial charge >= 0.3 is 0 Å². The fourth-order valence-electron chi connectivity index (χ4n) is 1.28. The number of hydrogen-bond donors (Lipinski definition) is 2. The van der Waals surface area contributed by atoms with Crippen LogP contribution in [-0.2, 0) is 6.42 Å². The normalized spacial score (nSPS) is 10.4. The summed E-state index contributed by atoms with van der Waals surface area (Å²) >= 11 is 3.37. The lowest BCUT2D eigenvalue weighted by Crippen LogP contribution is -2.02. The van der Waals surface area contributed by atoms with E-state index in [9.17, 15) is 0 Å². The third-order valence-electron chi connectivity index (χ3n) is 2.05. The molecule has 0 fully saturated rings. The summed E-state index contributed by atoms with van der Waals surface area (Å²) < 4.78 is 6.30. The maximum atomic E-state index is 5.43. The second kappa shape index (κ2) is 5.14. The summed E-state index contributed by atoms with van der Waals surface area (Å²) in [7, 11) is 0. The minimum atomic E-state index is 0.491. The third-order valence-corrected chi connectivity index (χ3v) is 2.58. The van der Waals surface area contributed by atoms with E-state index in [2.05, 4.69) is 26.2 Å². The van der Waals surface area contributed by atoms with E-state index in [0.717, 1.165) is 22.3 Å². The van der Waals surface area contributed by atoms with Gasteiger partial charge in [0.2, 0.25) is 0 Å². The molecule has 0 radical (unpaired) electrons. The molecule has 1 heterocycles. The second-order valence-electron chi connectivity index (χ2n) is 3.31. The summed E-state index contributed by atoms with van der Waals surface area (Å²) in [4.78, 5) is 4.25. The maximum Gasteiger partial charge on any atom is 0.299 e. The lowest BCUT2D eigenvalue weighted by Gasteiger charge is -2.00. The van der Waals surface area contributed by atoms with Crippen molar-refractivity contribution in [3.8, 4) is 0 Å². The van der Waals surface area contributed by atoms with Crippen molar-refractivity contribution in [2.24, 2.45) is 5.73 Å². The molecule has 0 aliphatic rings. The number of aromatic nitrogens is 1. The zero-order valence-electron chi connectivity index (χ0n) is 8.61. The first kappa shape index (κ1) is 11.2. The van der Waals surface area contributed by atoms with Crippen molar-refractivity contribution < 1.29 is 4.42 Å². The Kier molecular flexibility index (Phi) is 3.58. The van der Waals surface area contributed by atoms with E-state index in [1.54, 1.807) is 6.26 Å². The topological polar surface area (TPSA) is 64.1 Å². The minimum absolute atomic E-state index is 0.491. The standard InChI is InChI=1S/C11H12BrN3O/c12-8-1-3-9(4-2-8)14-11-15-10(5-6-13)7-16-11/h1-4,7H,5-6,13H2,(H,14,15). The molecule has 5 heteroatoms. The van der Waals surface area contributed by atoms with Gasteiger partial charge in [0.15, 0.2) is 0 Å². The zero-order chi connectivity index (χ0) is 11.4.